The minimum Gasteiger partial charge on any atom is -0.342 e. The van der Waals surface area contributed by atoms with Crippen LogP contribution in [0.25, 0.3) is 11.3 Å². The molecule has 0 saturated carbocycles. The summed E-state index contributed by atoms with van der Waals surface area (Å²) in [6, 6.07) is 18.4. The molecule has 0 spiro atoms. The van der Waals surface area contributed by atoms with Gasteiger partial charge in [0.15, 0.2) is 5.78 Å². The molecule has 0 unspecified atom stereocenters. The zero-order valence-electron chi connectivity index (χ0n) is 15.2. The fourth-order valence-electron chi connectivity index (χ4n) is 2.84. The first-order valence-electron chi connectivity index (χ1n) is 9.06. The van der Waals surface area contributed by atoms with E-state index in [4.69, 9.17) is 0 Å². The number of amides is 1. The maximum absolute atomic E-state index is 12.8. The lowest BCUT2D eigenvalue weighted by atomic mass is 10.0. The molecule has 0 bridgehead atoms. The predicted octanol–water partition coefficient (Wildman–Crippen LogP) is 4.52. The molecular weight excluding hydrogens is 356 g/mol. The van der Waals surface area contributed by atoms with Crippen molar-refractivity contribution in [2.24, 2.45) is 0 Å². The molecular formula is C22H22N2O2S. The molecule has 0 radical (unpaired) electrons. The Labute approximate surface area is 163 Å². The molecule has 1 heterocycles. The largest absolute Gasteiger partial charge is 0.342 e. The Morgan fingerprint density at radius 2 is 1.70 bits per heavy atom. The topological polar surface area (TPSA) is 59.1 Å². The van der Waals surface area contributed by atoms with Gasteiger partial charge in [0.2, 0.25) is 0 Å². The average Bonchev–Trinajstić information content (AvgIpc) is 3.17. The molecule has 1 atom stereocenters. The van der Waals surface area contributed by atoms with Crippen molar-refractivity contribution in [3.8, 4) is 11.3 Å². The molecule has 0 aliphatic heterocycles. The van der Waals surface area contributed by atoms with Crippen LogP contribution in [0.5, 0.6) is 0 Å². The average molecular weight is 378 g/mol. The van der Waals surface area contributed by atoms with E-state index >= 15 is 0 Å². The van der Waals surface area contributed by atoms with Crippen LogP contribution < -0.4 is 5.32 Å². The SMILES string of the molecule is CCC[C@H](NC(=O)c1ccccc1)C(=O)Cc1nc(-c2ccccc2)cs1. The maximum Gasteiger partial charge on any atom is 0.251 e. The van der Waals surface area contributed by atoms with E-state index in [0.29, 0.717) is 12.0 Å². The Balaban J connectivity index is 1.67. The number of ketones is 1. The highest BCUT2D eigenvalue weighted by atomic mass is 32.1. The second-order valence-electron chi connectivity index (χ2n) is 6.32. The smallest absolute Gasteiger partial charge is 0.251 e. The number of hydrogen-bond donors (Lipinski definition) is 1. The van der Waals surface area contributed by atoms with E-state index in [0.717, 1.165) is 22.7 Å². The number of rotatable bonds is 8. The number of nitrogens with one attached hydrogen (secondary N) is 1. The number of benzene rings is 2. The third-order valence-corrected chi connectivity index (χ3v) is 5.10. The highest BCUT2D eigenvalue weighted by molar-refractivity contribution is 7.10. The van der Waals surface area contributed by atoms with Crippen molar-refractivity contribution < 1.29 is 9.59 Å². The third kappa shape index (κ3) is 5.11. The van der Waals surface area contributed by atoms with Gasteiger partial charge in [-0.2, -0.15) is 0 Å². The van der Waals surface area contributed by atoms with Crippen LogP contribution in [-0.4, -0.2) is 22.7 Å². The molecule has 5 heteroatoms. The normalized spacial score (nSPS) is 11.7. The number of carbonyl (C=O) groups is 2. The van der Waals surface area contributed by atoms with Crippen LogP contribution in [-0.2, 0) is 11.2 Å². The van der Waals surface area contributed by atoms with Crippen molar-refractivity contribution in [3.63, 3.8) is 0 Å². The first-order valence-corrected chi connectivity index (χ1v) is 9.93. The number of aromatic nitrogens is 1. The molecule has 0 aliphatic rings. The van der Waals surface area contributed by atoms with Crippen molar-refractivity contribution in [2.45, 2.75) is 32.2 Å². The van der Waals surface area contributed by atoms with Crippen molar-refractivity contribution in [1.82, 2.24) is 10.3 Å². The molecule has 27 heavy (non-hydrogen) atoms. The van der Waals surface area contributed by atoms with Crippen LogP contribution in [0.4, 0.5) is 0 Å². The summed E-state index contributed by atoms with van der Waals surface area (Å²) in [5.41, 5.74) is 2.48. The van der Waals surface area contributed by atoms with Crippen LogP contribution in [0.1, 0.15) is 35.1 Å². The Hall–Kier alpha value is -2.79. The van der Waals surface area contributed by atoms with E-state index in [1.54, 1.807) is 12.1 Å². The number of carbonyl (C=O) groups excluding carboxylic acids is 2. The molecule has 0 aliphatic carbocycles. The molecule has 3 rings (SSSR count). The Morgan fingerprint density at radius 3 is 2.37 bits per heavy atom. The second kappa shape index (κ2) is 9.24. The summed E-state index contributed by atoms with van der Waals surface area (Å²) in [6.45, 7) is 2.01. The molecule has 2 aromatic carbocycles. The fraction of sp³-hybridized carbons (Fsp3) is 0.227. The molecule has 4 nitrogen and oxygen atoms in total. The quantitative estimate of drug-likeness (QED) is 0.627. The minimum atomic E-state index is -0.494. The van der Waals surface area contributed by atoms with Gasteiger partial charge in [0, 0.05) is 16.5 Å². The van der Waals surface area contributed by atoms with Crippen molar-refractivity contribution in [2.75, 3.05) is 0 Å². The number of thiazole rings is 1. The molecule has 0 fully saturated rings. The van der Waals surface area contributed by atoms with E-state index in [-0.39, 0.29) is 18.1 Å². The van der Waals surface area contributed by atoms with Gasteiger partial charge >= 0.3 is 0 Å². The molecule has 3 aromatic rings. The van der Waals surface area contributed by atoms with E-state index < -0.39 is 6.04 Å². The van der Waals surface area contributed by atoms with Gasteiger partial charge < -0.3 is 5.32 Å². The Kier molecular flexibility index (Phi) is 6.49. The standard InChI is InChI=1S/C22H22N2O2S/c1-2-9-18(24-22(26)17-12-7-4-8-13-17)20(25)14-21-23-19(15-27-21)16-10-5-3-6-11-16/h3-8,10-13,15,18H,2,9,14H2,1H3,(H,24,26)/t18-/m0/s1. The summed E-state index contributed by atoms with van der Waals surface area (Å²) >= 11 is 1.48. The molecule has 0 saturated heterocycles. The van der Waals surface area contributed by atoms with Crippen molar-refractivity contribution in [1.29, 1.82) is 0 Å². The van der Waals surface area contributed by atoms with Crippen LogP contribution in [0.2, 0.25) is 0 Å². The van der Waals surface area contributed by atoms with Crippen molar-refractivity contribution in [3.05, 3.63) is 76.6 Å². The van der Waals surface area contributed by atoms with Gasteiger partial charge in [0.25, 0.3) is 5.91 Å². The molecule has 1 N–H and O–H groups in total. The lowest BCUT2D eigenvalue weighted by molar-refractivity contribution is -0.120. The van der Waals surface area contributed by atoms with Gasteiger partial charge in [-0.25, -0.2) is 4.98 Å². The van der Waals surface area contributed by atoms with Crippen LogP contribution in [0.3, 0.4) is 0 Å². The van der Waals surface area contributed by atoms with Crippen molar-refractivity contribution >= 4 is 23.0 Å². The summed E-state index contributed by atoms with van der Waals surface area (Å²) in [5.74, 6) is -0.221. The molecule has 1 amide bonds. The first kappa shape index (κ1) is 19.0. The zero-order valence-corrected chi connectivity index (χ0v) is 16.0. The third-order valence-electron chi connectivity index (χ3n) is 4.25. The van der Waals surface area contributed by atoms with E-state index in [2.05, 4.69) is 10.3 Å². The fourth-order valence-corrected chi connectivity index (χ4v) is 3.65. The Morgan fingerprint density at radius 1 is 1.04 bits per heavy atom. The van der Waals surface area contributed by atoms with Gasteiger partial charge in [0.1, 0.15) is 5.01 Å². The van der Waals surface area contributed by atoms with E-state index in [9.17, 15) is 9.59 Å². The lowest BCUT2D eigenvalue weighted by Gasteiger charge is -2.16. The minimum absolute atomic E-state index is 0.00454. The second-order valence-corrected chi connectivity index (χ2v) is 7.26. The van der Waals surface area contributed by atoms with Crippen LogP contribution >= 0.6 is 11.3 Å². The number of Topliss-reactive ketones (excluding diaryl/α,β-unsaturated/α-hetero) is 1. The lowest BCUT2D eigenvalue weighted by Crippen LogP contribution is -2.41. The first-order chi connectivity index (χ1) is 13.2. The van der Waals surface area contributed by atoms with Gasteiger partial charge in [-0.3, -0.25) is 9.59 Å². The summed E-state index contributed by atoms with van der Waals surface area (Å²) in [5, 5.41) is 5.62. The van der Waals surface area contributed by atoms with Gasteiger partial charge in [-0.1, -0.05) is 61.9 Å². The highest BCUT2D eigenvalue weighted by Gasteiger charge is 2.22. The van der Waals surface area contributed by atoms with Crippen LogP contribution in [0, 0.1) is 0 Å². The van der Waals surface area contributed by atoms with Crippen LogP contribution in [0.15, 0.2) is 66.0 Å². The summed E-state index contributed by atoms with van der Waals surface area (Å²) in [7, 11) is 0. The van der Waals surface area contributed by atoms with Gasteiger partial charge in [0.05, 0.1) is 18.2 Å². The predicted molar refractivity (Wildman–Crippen MR) is 109 cm³/mol. The van der Waals surface area contributed by atoms with E-state index in [1.807, 2.05) is 60.8 Å². The summed E-state index contributed by atoms with van der Waals surface area (Å²) in [6.07, 6.45) is 1.67. The molecule has 138 valence electrons. The zero-order chi connectivity index (χ0) is 19.1. The van der Waals surface area contributed by atoms with E-state index in [1.165, 1.54) is 11.3 Å². The summed E-state index contributed by atoms with van der Waals surface area (Å²) < 4.78 is 0. The maximum atomic E-state index is 12.8. The Bertz CT molecular complexity index is 891. The monoisotopic (exact) mass is 378 g/mol. The molecule has 1 aromatic heterocycles. The number of hydrogen-bond acceptors (Lipinski definition) is 4. The van der Waals surface area contributed by atoms with Gasteiger partial charge in [-0.15, -0.1) is 11.3 Å². The summed E-state index contributed by atoms with van der Waals surface area (Å²) in [4.78, 5) is 29.8. The highest BCUT2D eigenvalue weighted by Crippen LogP contribution is 2.22. The van der Waals surface area contributed by atoms with Gasteiger partial charge in [-0.05, 0) is 18.6 Å². The number of nitrogens with zero attached hydrogens (tertiary/aromatic N) is 1.